The SMILES string of the molecule is COc1ccc(CNC(=O)CSc2nc(C(F)(F)F)cc(=O)n2-c2ccccc2)cc1. The first-order valence-corrected chi connectivity index (χ1v) is 10.1. The van der Waals surface area contributed by atoms with Crippen LogP contribution in [0.3, 0.4) is 0 Å². The number of hydrogen-bond donors (Lipinski definition) is 1. The van der Waals surface area contributed by atoms with E-state index in [2.05, 4.69) is 10.3 Å². The highest BCUT2D eigenvalue weighted by molar-refractivity contribution is 7.99. The number of halogens is 3. The van der Waals surface area contributed by atoms with E-state index in [0.29, 0.717) is 17.5 Å². The van der Waals surface area contributed by atoms with E-state index in [1.807, 2.05) is 0 Å². The van der Waals surface area contributed by atoms with Crippen LogP contribution in [0.2, 0.25) is 0 Å². The van der Waals surface area contributed by atoms with Crippen molar-refractivity contribution in [1.82, 2.24) is 14.9 Å². The highest BCUT2D eigenvalue weighted by Gasteiger charge is 2.34. The van der Waals surface area contributed by atoms with Gasteiger partial charge < -0.3 is 10.1 Å². The van der Waals surface area contributed by atoms with Crippen molar-refractivity contribution >= 4 is 17.7 Å². The largest absolute Gasteiger partial charge is 0.497 e. The number of carbonyl (C=O) groups is 1. The molecule has 0 saturated heterocycles. The monoisotopic (exact) mass is 449 g/mol. The quantitative estimate of drug-likeness (QED) is 0.440. The van der Waals surface area contributed by atoms with Gasteiger partial charge in [0.2, 0.25) is 5.91 Å². The first kappa shape index (κ1) is 22.4. The van der Waals surface area contributed by atoms with Crippen LogP contribution >= 0.6 is 11.8 Å². The molecule has 0 saturated carbocycles. The molecule has 0 aliphatic heterocycles. The fraction of sp³-hybridized carbons (Fsp3) is 0.190. The predicted octanol–water partition coefficient (Wildman–Crippen LogP) is 3.67. The minimum atomic E-state index is -4.78. The second kappa shape index (κ2) is 9.69. The van der Waals surface area contributed by atoms with E-state index < -0.39 is 23.3 Å². The zero-order chi connectivity index (χ0) is 22.4. The molecule has 0 aliphatic rings. The van der Waals surface area contributed by atoms with Gasteiger partial charge in [0.1, 0.15) is 5.75 Å². The lowest BCUT2D eigenvalue weighted by atomic mass is 10.2. The molecule has 3 aromatic rings. The Bertz CT molecular complexity index is 1100. The molecule has 0 spiro atoms. The summed E-state index contributed by atoms with van der Waals surface area (Å²) in [6.07, 6.45) is -4.78. The van der Waals surface area contributed by atoms with Gasteiger partial charge >= 0.3 is 6.18 Å². The molecule has 1 amide bonds. The van der Waals surface area contributed by atoms with Crippen molar-refractivity contribution in [2.75, 3.05) is 12.9 Å². The van der Waals surface area contributed by atoms with Crippen molar-refractivity contribution in [1.29, 1.82) is 0 Å². The maximum atomic E-state index is 13.1. The zero-order valence-corrected chi connectivity index (χ0v) is 17.2. The summed E-state index contributed by atoms with van der Waals surface area (Å²) in [4.78, 5) is 28.2. The molecule has 31 heavy (non-hydrogen) atoms. The van der Waals surface area contributed by atoms with Crippen LogP contribution in [0.15, 0.2) is 70.6 Å². The highest BCUT2D eigenvalue weighted by Crippen LogP contribution is 2.29. The molecule has 0 aliphatic carbocycles. The van der Waals surface area contributed by atoms with E-state index in [4.69, 9.17) is 4.74 Å². The Balaban J connectivity index is 1.76. The summed E-state index contributed by atoms with van der Waals surface area (Å²) < 4.78 is 45.5. The van der Waals surface area contributed by atoms with Gasteiger partial charge in [-0.25, -0.2) is 4.98 Å². The molecule has 6 nitrogen and oxygen atoms in total. The number of carbonyl (C=O) groups excluding carboxylic acids is 1. The maximum absolute atomic E-state index is 13.1. The topological polar surface area (TPSA) is 73.2 Å². The first-order chi connectivity index (χ1) is 14.8. The number of alkyl halides is 3. The minimum Gasteiger partial charge on any atom is -0.497 e. The van der Waals surface area contributed by atoms with E-state index in [9.17, 15) is 22.8 Å². The van der Waals surface area contributed by atoms with Crippen LogP contribution in [0.4, 0.5) is 13.2 Å². The van der Waals surface area contributed by atoms with Gasteiger partial charge in [0, 0.05) is 12.6 Å². The highest BCUT2D eigenvalue weighted by atomic mass is 32.2. The fourth-order valence-electron chi connectivity index (χ4n) is 2.64. The van der Waals surface area contributed by atoms with Crippen LogP contribution in [-0.4, -0.2) is 28.3 Å². The van der Waals surface area contributed by atoms with Crippen LogP contribution in [0.5, 0.6) is 5.75 Å². The smallest absolute Gasteiger partial charge is 0.433 e. The lowest BCUT2D eigenvalue weighted by Crippen LogP contribution is -2.27. The van der Waals surface area contributed by atoms with Crippen molar-refractivity contribution in [3.8, 4) is 11.4 Å². The molecule has 0 atom stereocenters. The first-order valence-electron chi connectivity index (χ1n) is 9.07. The van der Waals surface area contributed by atoms with Crippen LogP contribution in [0, 0.1) is 0 Å². The number of benzene rings is 2. The number of ether oxygens (including phenoxy) is 1. The molecule has 0 radical (unpaired) electrons. The van der Waals surface area contributed by atoms with Crippen LogP contribution in [-0.2, 0) is 17.5 Å². The fourth-order valence-corrected chi connectivity index (χ4v) is 3.49. The predicted molar refractivity (Wildman–Crippen MR) is 110 cm³/mol. The summed E-state index contributed by atoms with van der Waals surface area (Å²) in [6, 6.07) is 15.7. The molecule has 0 fully saturated rings. The van der Waals surface area contributed by atoms with E-state index in [-0.39, 0.29) is 17.5 Å². The number of methoxy groups -OCH3 is 1. The lowest BCUT2D eigenvalue weighted by molar-refractivity contribution is -0.141. The Morgan fingerprint density at radius 1 is 1.13 bits per heavy atom. The summed E-state index contributed by atoms with van der Waals surface area (Å²) in [6.45, 7) is 0.241. The number of rotatable bonds is 7. The second-order valence-electron chi connectivity index (χ2n) is 6.34. The average Bonchev–Trinajstić information content (AvgIpc) is 2.76. The van der Waals surface area contributed by atoms with Gasteiger partial charge in [-0.3, -0.25) is 14.2 Å². The van der Waals surface area contributed by atoms with Crippen molar-refractivity contribution in [2.45, 2.75) is 17.9 Å². The minimum absolute atomic E-state index is 0.212. The Labute approximate surface area is 180 Å². The maximum Gasteiger partial charge on any atom is 0.433 e. The Morgan fingerprint density at radius 2 is 1.81 bits per heavy atom. The van der Waals surface area contributed by atoms with Crippen LogP contribution < -0.4 is 15.6 Å². The van der Waals surface area contributed by atoms with Crippen LogP contribution in [0.1, 0.15) is 11.3 Å². The van der Waals surface area contributed by atoms with E-state index >= 15 is 0 Å². The molecule has 10 heteroatoms. The average molecular weight is 449 g/mol. The van der Waals surface area contributed by atoms with Gasteiger partial charge in [-0.05, 0) is 29.8 Å². The molecule has 1 aromatic heterocycles. The number of nitrogens with zero attached hydrogens (tertiary/aromatic N) is 2. The third kappa shape index (κ3) is 5.88. The Morgan fingerprint density at radius 3 is 2.42 bits per heavy atom. The van der Waals surface area contributed by atoms with Gasteiger partial charge in [0.05, 0.1) is 18.6 Å². The lowest BCUT2D eigenvalue weighted by Gasteiger charge is -2.14. The Hall–Kier alpha value is -3.27. The molecular weight excluding hydrogens is 431 g/mol. The number of nitrogens with one attached hydrogen (secondary N) is 1. The van der Waals surface area contributed by atoms with E-state index in [1.165, 1.54) is 0 Å². The standard InChI is InChI=1S/C21H18F3N3O3S/c1-30-16-9-7-14(8-10-16)12-25-18(28)13-31-20-26-17(21(22,23)24)11-19(29)27(20)15-5-3-2-4-6-15/h2-11H,12-13H2,1H3,(H,25,28). The molecule has 1 heterocycles. The molecular formula is C21H18F3N3O3S. The van der Waals surface area contributed by atoms with Crippen LogP contribution in [0.25, 0.3) is 5.69 Å². The van der Waals surface area contributed by atoms with E-state index in [1.54, 1.807) is 61.7 Å². The molecule has 162 valence electrons. The molecule has 1 N–H and O–H groups in total. The summed E-state index contributed by atoms with van der Waals surface area (Å²) in [7, 11) is 1.55. The second-order valence-corrected chi connectivity index (χ2v) is 7.29. The van der Waals surface area contributed by atoms with Crippen molar-refractivity contribution in [3.05, 3.63) is 82.3 Å². The number of hydrogen-bond acceptors (Lipinski definition) is 5. The molecule has 3 rings (SSSR count). The number of aromatic nitrogens is 2. The van der Waals surface area contributed by atoms with Gasteiger partial charge in [-0.15, -0.1) is 0 Å². The number of thioether (sulfide) groups is 1. The summed E-state index contributed by atoms with van der Waals surface area (Å²) in [5.74, 6) is 0.0590. The zero-order valence-electron chi connectivity index (χ0n) is 16.3. The summed E-state index contributed by atoms with van der Waals surface area (Å²) in [5.41, 5.74) is -0.993. The molecule has 0 unspecified atom stereocenters. The van der Waals surface area contributed by atoms with Gasteiger partial charge in [-0.1, -0.05) is 42.1 Å². The van der Waals surface area contributed by atoms with Gasteiger partial charge in [0.15, 0.2) is 10.9 Å². The third-order valence-corrected chi connectivity index (χ3v) is 5.11. The summed E-state index contributed by atoms with van der Waals surface area (Å²) in [5, 5.41) is 2.47. The van der Waals surface area contributed by atoms with Gasteiger partial charge in [-0.2, -0.15) is 13.2 Å². The summed E-state index contributed by atoms with van der Waals surface area (Å²) >= 11 is 0.755. The number of amides is 1. The van der Waals surface area contributed by atoms with Gasteiger partial charge in [0.25, 0.3) is 5.56 Å². The van der Waals surface area contributed by atoms with Crippen molar-refractivity contribution < 1.29 is 22.7 Å². The normalized spacial score (nSPS) is 11.2. The number of para-hydroxylation sites is 1. The molecule has 2 aromatic carbocycles. The molecule has 0 bridgehead atoms. The van der Waals surface area contributed by atoms with Crippen molar-refractivity contribution in [2.24, 2.45) is 0 Å². The van der Waals surface area contributed by atoms with E-state index in [0.717, 1.165) is 21.9 Å². The Kier molecular flexibility index (Phi) is 7.01. The third-order valence-electron chi connectivity index (χ3n) is 4.17. The van der Waals surface area contributed by atoms with Crippen molar-refractivity contribution in [3.63, 3.8) is 0 Å².